The second kappa shape index (κ2) is 6.39. The lowest BCUT2D eigenvalue weighted by Crippen LogP contribution is -2.29. The van der Waals surface area contributed by atoms with Crippen molar-refractivity contribution in [2.45, 2.75) is 12.5 Å². The third-order valence-corrected chi connectivity index (χ3v) is 2.92. The fourth-order valence-electron chi connectivity index (χ4n) is 1.72. The van der Waals surface area contributed by atoms with Crippen LogP contribution in [0.25, 0.3) is 0 Å². The number of carboxylic acids is 1. The standard InChI is InChI=1S/C15H12ClFO3/c16-11-2-1-3-13(9-11)20-14(15(18)19)8-10-4-6-12(17)7-5-10/h1-7,9,14H,8H2,(H,18,19)/t14-/m1/s1. The number of ether oxygens (including phenoxy) is 1. The zero-order valence-electron chi connectivity index (χ0n) is 10.4. The van der Waals surface area contributed by atoms with Crippen LogP contribution in [0.4, 0.5) is 4.39 Å². The molecule has 0 fully saturated rings. The fraction of sp³-hybridized carbons (Fsp3) is 0.133. The van der Waals surface area contributed by atoms with Gasteiger partial charge in [0.15, 0.2) is 6.10 Å². The van der Waals surface area contributed by atoms with Crippen LogP contribution in [0.2, 0.25) is 5.02 Å². The molecule has 0 aliphatic carbocycles. The topological polar surface area (TPSA) is 46.5 Å². The van der Waals surface area contributed by atoms with E-state index in [-0.39, 0.29) is 12.2 Å². The summed E-state index contributed by atoms with van der Waals surface area (Å²) >= 11 is 5.82. The minimum atomic E-state index is -1.09. The summed E-state index contributed by atoms with van der Waals surface area (Å²) in [6, 6.07) is 12.2. The van der Waals surface area contributed by atoms with Crippen LogP contribution in [0.15, 0.2) is 48.5 Å². The molecule has 0 heterocycles. The number of halogens is 2. The van der Waals surface area contributed by atoms with Crippen LogP contribution in [0, 0.1) is 5.82 Å². The van der Waals surface area contributed by atoms with Crippen LogP contribution >= 0.6 is 11.6 Å². The summed E-state index contributed by atoms with van der Waals surface area (Å²) in [7, 11) is 0. The summed E-state index contributed by atoms with van der Waals surface area (Å²) in [6.07, 6.45) is -0.916. The maximum Gasteiger partial charge on any atom is 0.345 e. The van der Waals surface area contributed by atoms with E-state index in [9.17, 15) is 14.3 Å². The van der Waals surface area contributed by atoms with Crippen molar-refractivity contribution in [3.8, 4) is 5.75 Å². The number of rotatable bonds is 5. The van der Waals surface area contributed by atoms with Crippen LogP contribution < -0.4 is 4.74 Å². The number of hydrogen-bond donors (Lipinski definition) is 1. The Morgan fingerprint density at radius 3 is 2.55 bits per heavy atom. The second-order valence-electron chi connectivity index (χ2n) is 4.23. The quantitative estimate of drug-likeness (QED) is 0.917. The van der Waals surface area contributed by atoms with Gasteiger partial charge in [0.1, 0.15) is 11.6 Å². The predicted molar refractivity (Wildman–Crippen MR) is 73.6 cm³/mol. The Labute approximate surface area is 120 Å². The molecule has 0 amide bonds. The van der Waals surface area contributed by atoms with Crippen LogP contribution in [-0.4, -0.2) is 17.2 Å². The summed E-state index contributed by atoms with van der Waals surface area (Å²) in [5.41, 5.74) is 0.681. The fourth-order valence-corrected chi connectivity index (χ4v) is 1.90. The van der Waals surface area contributed by atoms with E-state index in [2.05, 4.69) is 0 Å². The molecular weight excluding hydrogens is 283 g/mol. The first kappa shape index (κ1) is 14.3. The largest absolute Gasteiger partial charge is 0.478 e. The molecule has 0 saturated carbocycles. The van der Waals surface area contributed by atoms with E-state index in [0.29, 0.717) is 16.3 Å². The average molecular weight is 295 g/mol. The summed E-state index contributed by atoms with van der Waals surface area (Å²) in [5.74, 6) is -1.07. The SMILES string of the molecule is O=C(O)[C@@H](Cc1ccc(F)cc1)Oc1cccc(Cl)c1. The van der Waals surface area contributed by atoms with Crippen molar-refractivity contribution in [1.29, 1.82) is 0 Å². The minimum absolute atomic E-state index is 0.141. The van der Waals surface area contributed by atoms with Gasteiger partial charge in [0, 0.05) is 11.4 Å². The zero-order valence-corrected chi connectivity index (χ0v) is 11.2. The summed E-state index contributed by atoms with van der Waals surface area (Å²) in [5, 5.41) is 9.65. The first-order valence-corrected chi connectivity index (χ1v) is 6.32. The molecular formula is C15H12ClFO3. The maximum absolute atomic E-state index is 12.8. The van der Waals surface area contributed by atoms with E-state index >= 15 is 0 Å². The molecule has 3 nitrogen and oxygen atoms in total. The lowest BCUT2D eigenvalue weighted by atomic mass is 10.1. The summed E-state index contributed by atoms with van der Waals surface area (Å²) in [6.45, 7) is 0. The highest BCUT2D eigenvalue weighted by Gasteiger charge is 2.20. The van der Waals surface area contributed by atoms with Crippen LogP contribution in [0.1, 0.15) is 5.56 Å². The van der Waals surface area contributed by atoms with Gasteiger partial charge in [-0.1, -0.05) is 29.8 Å². The summed E-state index contributed by atoms with van der Waals surface area (Å²) < 4.78 is 18.2. The molecule has 0 bridgehead atoms. The summed E-state index contributed by atoms with van der Waals surface area (Å²) in [4.78, 5) is 11.2. The molecule has 5 heteroatoms. The Morgan fingerprint density at radius 1 is 1.25 bits per heavy atom. The average Bonchev–Trinajstić information content (AvgIpc) is 2.40. The lowest BCUT2D eigenvalue weighted by Gasteiger charge is -2.15. The maximum atomic E-state index is 12.8. The van der Waals surface area contributed by atoms with Gasteiger partial charge in [-0.05, 0) is 35.9 Å². The molecule has 20 heavy (non-hydrogen) atoms. The van der Waals surface area contributed by atoms with Crippen molar-refractivity contribution in [1.82, 2.24) is 0 Å². The predicted octanol–water partition coefficient (Wildman–Crippen LogP) is 3.55. The number of carbonyl (C=O) groups is 1. The van der Waals surface area contributed by atoms with E-state index < -0.39 is 12.1 Å². The number of aliphatic carboxylic acids is 1. The van der Waals surface area contributed by atoms with Crippen LogP contribution in [0.5, 0.6) is 5.75 Å². The third kappa shape index (κ3) is 3.96. The van der Waals surface area contributed by atoms with Crippen molar-refractivity contribution in [2.75, 3.05) is 0 Å². The van der Waals surface area contributed by atoms with E-state index in [4.69, 9.17) is 16.3 Å². The van der Waals surface area contributed by atoms with Crippen molar-refractivity contribution in [2.24, 2.45) is 0 Å². The second-order valence-corrected chi connectivity index (χ2v) is 4.67. The van der Waals surface area contributed by atoms with Gasteiger partial charge in [0.2, 0.25) is 0 Å². The Hall–Kier alpha value is -2.07. The lowest BCUT2D eigenvalue weighted by molar-refractivity contribution is -0.145. The molecule has 0 radical (unpaired) electrons. The molecule has 2 aromatic carbocycles. The normalized spacial score (nSPS) is 11.9. The molecule has 0 aliphatic heterocycles. The van der Waals surface area contributed by atoms with Gasteiger partial charge in [0.25, 0.3) is 0 Å². The molecule has 2 aromatic rings. The first-order valence-electron chi connectivity index (χ1n) is 5.94. The van der Waals surface area contributed by atoms with E-state index in [1.54, 1.807) is 24.3 Å². The highest BCUT2D eigenvalue weighted by atomic mass is 35.5. The van der Waals surface area contributed by atoms with Gasteiger partial charge in [-0.15, -0.1) is 0 Å². The Bertz CT molecular complexity index is 598. The Balaban J connectivity index is 2.11. The van der Waals surface area contributed by atoms with Gasteiger partial charge < -0.3 is 9.84 Å². The van der Waals surface area contributed by atoms with Gasteiger partial charge in [-0.3, -0.25) is 0 Å². The highest BCUT2D eigenvalue weighted by Crippen LogP contribution is 2.19. The van der Waals surface area contributed by atoms with Crippen molar-refractivity contribution < 1.29 is 19.0 Å². The van der Waals surface area contributed by atoms with Crippen molar-refractivity contribution in [3.05, 3.63) is 64.9 Å². The van der Waals surface area contributed by atoms with Crippen molar-refractivity contribution in [3.63, 3.8) is 0 Å². The van der Waals surface area contributed by atoms with Crippen LogP contribution in [0.3, 0.4) is 0 Å². The van der Waals surface area contributed by atoms with Crippen molar-refractivity contribution >= 4 is 17.6 Å². The first-order chi connectivity index (χ1) is 9.54. The number of hydrogen-bond acceptors (Lipinski definition) is 2. The van der Waals surface area contributed by atoms with E-state index in [1.807, 2.05) is 0 Å². The van der Waals surface area contributed by atoms with Gasteiger partial charge >= 0.3 is 5.97 Å². The van der Waals surface area contributed by atoms with Gasteiger partial charge in [-0.25, -0.2) is 9.18 Å². The molecule has 0 aromatic heterocycles. The van der Waals surface area contributed by atoms with Gasteiger partial charge in [0.05, 0.1) is 0 Å². The molecule has 1 N–H and O–H groups in total. The third-order valence-electron chi connectivity index (χ3n) is 2.68. The molecule has 0 spiro atoms. The zero-order chi connectivity index (χ0) is 14.5. The number of carboxylic acid groups (broad SMARTS) is 1. The minimum Gasteiger partial charge on any atom is -0.478 e. The smallest absolute Gasteiger partial charge is 0.345 e. The molecule has 0 unspecified atom stereocenters. The van der Waals surface area contributed by atoms with E-state index in [1.165, 1.54) is 24.3 Å². The Morgan fingerprint density at radius 2 is 1.95 bits per heavy atom. The Kier molecular flexibility index (Phi) is 4.58. The molecule has 1 atom stereocenters. The van der Waals surface area contributed by atoms with E-state index in [0.717, 1.165) is 0 Å². The van der Waals surface area contributed by atoms with Crippen LogP contribution in [-0.2, 0) is 11.2 Å². The molecule has 0 saturated heterocycles. The highest BCUT2D eigenvalue weighted by molar-refractivity contribution is 6.30. The van der Waals surface area contributed by atoms with Gasteiger partial charge in [-0.2, -0.15) is 0 Å². The monoisotopic (exact) mass is 294 g/mol. The number of benzene rings is 2. The molecule has 104 valence electrons. The molecule has 0 aliphatic rings. The molecule has 2 rings (SSSR count).